The maximum Gasteiger partial charge on any atom is 0.315 e. The van der Waals surface area contributed by atoms with E-state index in [9.17, 15) is 14.4 Å². The lowest BCUT2D eigenvalue weighted by Gasteiger charge is -2.16. The van der Waals surface area contributed by atoms with Crippen LogP contribution in [-0.4, -0.2) is 53.5 Å². The average molecular weight is 387 g/mol. The lowest BCUT2D eigenvalue weighted by Crippen LogP contribution is -2.43. The van der Waals surface area contributed by atoms with Crippen molar-refractivity contribution in [3.8, 4) is 0 Å². The molecule has 0 aromatic carbocycles. The molecule has 0 aromatic heterocycles. The zero-order chi connectivity index (χ0) is 18.9. The minimum absolute atomic E-state index is 0.0572. The van der Waals surface area contributed by atoms with Crippen LogP contribution in [-0.2, 0) is 9.59 Å². The summed E-state index contributed by atoms with van der Waals surface area (Å²) in [5, 5.41) is 9.25. The molecule has 10 heteroatoms. The average Bonchev–Trinajstić information content (AvgIpc) is 3.16. The van der Waals surface area contributed by atoms with E-state index in [0.717, 1.165) is 37.9 Å². The highest BCUT2D eigenvalue weighted by molar-refractivity contribution is 8.00. The van der Waals surface area contributed by atoms with Crippen LogP contribution in [0.25, 0.3) is 0 Å². The van der Waals surface area contributed by atoms with Gasteiger partial charge in [-0.25, -0.2) is 10.6 Å². The Hall–Kier alpha value is -1.52. The molecule has 26 heavy (non-hydrogen) atoms. The van der Waals surface area contributed by atoms with Crippen molar-refractivity contribution in [3.63, 3.8) is 0 Å². The van der Waals surface area contributed by atoms with E-state index in [1.807, 2.05) is 17.2 Å². The highest BCUT2D eigenvalue weighted by atomic mass is 32.2. The Morgan fingerprint density at radius 2 is 2.04 bits per heavy atom. The second-order valence-electron chi connectivity index (χ2n) is 6.83. The van der Waals surface area contributed by atoms with Gasteiger partial charge in [-0.2, -0.15) is 11.8 Å². The SMILES string of the molecule is NNC(=O)[C@@H](N)CCCCNC(=O)CCCC[C@@H]1SC[C@@H]2NC(=O)N[C@@H]21. The van der Waals surface area contributed by atoms with Crippen LogP contribution in [0.3, 0.4) is 0 Å². The molecule has 2 rings (SSSR count). The van der Waals surface area contributed by atoms with Crippen LogP contribution in [0, 0.1) is 0 Å². The van der Waals surface area contributed by atoms with Crippen LogP contribution in [0.5, 0.6) is 0 Å². The fraction of sp³-hybridized carbons (Fsp3) is 0.812. The number of nitrogens with one attached hydrogen (secondary N) is 4. The number of hydrogen-bond acceptors (Lipinski definition) is 6. The van der Waals surface area contributed by atoms with Crippen LogP contribution in [0.15, 0.2) is 0 Å². The molecule has 2 aliphatic heterocycles. The first-order valence-electron chi connectivity index (χ1n) is 9.22. The first-order chi connectivity index (χ1) is 12.5. The van der Waals surface area contributed by atoms with Gasteiger partial charge < -0.3 is 21.7 Å². The van der Waals surface area contributed by atoms with Crippen molar-refractivity contribution < 1.29 is 14.4 Å². The zero-order valence-corrected chi connectivity index (χ0v) is 15.8. The van der Waals surface area contributed by atoms with E-state index >= 15 is 0 Å². The van der Waals surface area contributed by atoms with Gasteiger partial charge in [0.25, 0.3) is 5.91 Å². The quantitative estimate of drug-likeness (QED) is 0.0909. The predicted octanol–water partition coefficient (Wildman–Crippen LogP) is -0.684. The van der Waals surface area contributed by atoms with Gasteiger partial charge >= 0.3 is 6.03 Å². The number of nitrogens with two attached hydrogens (primary N) is 2. The van der Waals surface area contributed by atoms with E-state index in [1.54, 1.807) is 0 Å². The standard InChI is InChI=1S/C16H30N6O3S/c17-10(15(24)22-18)5-3-4-8-19-13(23)7-2-1-6-12-14-11(9-26-12)20-16(25)21-14/h10-12,14H,1-9,17-18H2,(H,19,23)(H,22,24)(H2,20,21,25)/t10-,11-,12-,14-/m0/s1. The van der Waals surface area contributed by atoms with Crippen molar-refractivity contribution >= 4 is 29.6 Å². The topological polar surface area (TPSA) is 151 Å². The summed E-state index contributed by atoms with van der Waals surface area (Å²) in [5.74, 6) is 5.67. The van der Waals surface area contributed by atoms with Gasteiger partial charge in [0.05, 0.1) is 18.1 Å². The van der Waals surface area contributed by atoms with Gasteiger partial charge in [0.1, 0.15) is 0 Å². The number of thioether (sulfide) groups is 1. The Labute approximate surface area is 158 Å². The number of carbonyl (C=O) groups excluding carboxylic acids is 3. The molecule has 4 atom stereocenters. The van der Waals surface area contributed by atoms with Crippen molar-refractivity contribution in [1.82, 2.24) is 21.4 Å². The molecule has 0 unspecified atom stereocenters. The Morgan fingerprint density at radius 1 is 1.23 bits per heavy atom. The van der Waals surface area contributed by atoms with E-state index in [1.165, 1.54) is 0 Å². The maximum absolute atomic E-state index is 11.8. The second kappa shape index (κ2) is 10.6. The molecule has 0 radical (unpaired) electrons. The smallest absolute Gasteiger partial charge is 0.315 e. The van der Waals surface area contributed by atoms with E-state index < -0.39 is 6.04 Å². The molecule has 0 spiro atoms. The van der Waals surface area contributed by atoms with Crippen molar-refractivity contribution in [2.45, 2.75) is 68.3 Å². The molecule has 4 amide bonds. The molecule has 148 valence electrons. The normalized spacial score (nSPS) is 25.2. The largest absolute Gasteiger partial charge is 0.356 e. The fourth-order valence-electron chi connectivity index (χ4n) is 3.32. The minimum atomic E-state index is -0.594. The summed E-state index contributed by atoms with van der Waals surface area (Å²) in [6.45, 7) is 0.593. The third-order valence-electron chi connectivity index (χ3n) is 4.82. The second-order valence-corrected chi connectivity index (χ2v) is 8.10. The van der Waals surface area contributed by atoms with Gasteiger partial charge in [0, 0.05) is 24.0 Å². The van der Waals surface area contributed by atoms with E-state index in [4.69, 9.17) is 11.6 Å². The molecule has 0 saturated carbocycles. The van der Waals surface area contributed by atoms with Gasteiger partial charge in [-0.1, -0.05) is 6.42 Å². The molecule has 9 nitrogen and oxygen atoms in total. The molecule has 2 aliphatic rings. The highest BCUT2D eigenvalue weighted by Crippen LogP contribution is 2.33. The van der Waals surface area contributed by atoms with Crippen LogP contribution < -0.4 is 33.0 Å². The molecule has 2 heterocycles. The minimum Gasteiger partial charge on any atom is -0.356 e. The molecule has 0 aromatic rings. The van der Waals surface area contributed by atoms with Crippen LogP contribution >= 0.6 is 11.8 Å². The summed E-state index contributed by atoms with van der Waals surface area (Å²) < 4.78 is 0. The number of carbonyl (C=O) groups is 3. The zero-order valence-electron chi connectivity index (χ0n) is 15.0. The van der Waals surface area contributed by atoms with Crippen LogP contribution in [0.1, 0.15) is 44.9 Å². The molecule has 8 N–H and O–H groups in total. The Balaban J connectivity index is 1.46. The number of hydrazine groups is 1. The lowest BCUT2D eigenvalue weighted by molar-refractivity contribution is -0.123. The van der Waals surface area contributed by atoms with Crippen LogP contribution in [0.2, 0.25) is 0 Å². The summed E-state index contributed by atoms with van der Waals surface area (Å²) in [4.78, 5) is 34.3. The Kier molecular flexibility index (Phi) is 8.46. The molecule has 2 saturated heterocycles. The number of urea groups is 1. The van der Waals surface area contributed by atoms with Gasteiger partial charge in [-0.3, -0.25) is 15.0 Å². The number of unbranched alkanes of at least 4 members (excludes halogenated alkanes) is 2. The van der Waals surface area contributed by atoms with E-state index in [0.29, 0.717) is 24.6 Å². The predicted molar refractivity (Wildman–Crippen MR) is 101 cm³/mol. The van der Waals surface area contributed by atoms with E-state index in [2.05, 4.69) is 16.0 Å². The molecule has 0 bridgehead atoms. The monoisotopic (exact) mass is 386 g/mol. The fourth-order valence-corrected chi connectivity index (χ4v) is 4.86. The molecular formula is C16H30N6O3S. The van der Waals surface area contributed by atoms with Crippen molar-refractivity contribution in [2.24, 2.45) is 11.6 Å². The summed E-state index contributed by atoms with van der Waals surface area (Å²) in [6.07, 6.45) is 5.46. The summed E-state index contributed by atoms with van der Waals surface area (Å²) in [6, 6.07) is -0.170. The van der Waals surface area contributed by atoms with Gasteiger partial charge in [-0.15, -0.1) is 0 Å². The van der Waals surface area contributed by atoms with Gasteiger partial charge in [0.2, 0.25) is 5.91 Å². The highest BCUT2D eigenvalue weighted by Gasteiger charge is 2.42. The first kappa shape index (κ1) is 20.8. The number of rotatable bonds is 11. The Morgan fingerprint density at radius 3 is 2.81 bits per heavy atom. The van der Waals surface area contributed by atoms with Gasteiger partial charge in [-0.05, 0) is 32.1 Å². The van der Waals surface area contributed by atoms with Crippen molar-refractivity contribution in [1.29, 1.82) is 0 Å². The molecular weight excluding hydrogens is 356 g/mol. The summed E-state index contributed by atoms with van der Waals surface area (Å²) >= 11 is 1.90. The van der Waals surface area contributed by atoms with E-state index in [-0.39, 0.29) is 29.9 Å². The summed E-state index contributed by atoms with van der Waals surface area (Å²) in [7, 11) is 0. The molecule has 2 fully saturated rings. The third kappa shape index (κ3) is 6.33. The Bertz CT molecular complexity index is 506. The van der Waals surface area contributed by atoms with Gasteiger partial charge in [0.15, 0.2) is 0 Å². The first-order valence-corrected chi connectivity index (χ1v) is 10.3. The van der Waals surface area contributed by atoms with Crippen LogP contribution in [0.4, 0.5) is 4.79 Å². The lowest BCUT2D eigenvalue weighted by atomic mass is 10.0. The maximum atomic E-state index is 11.8. The summed E-state index contributed by atoms with van der Waals surface area (Å²) in [5.41, 5.74) is 7.66. The number of fused-ring (bicyclic) bond motifs is 1. The van der Waals surface area contributed by atoms with Crippen molar-refractivity contribution in [2.75, 3.05) is 12.3 Å². The third-order valence-corrected chi connectivity index (χ3v) is 6.33. The van der Waals surface area contributed by atoms with Crippen molar-refractivity contribution in [3.05, 3.63) is 0 Å². The number of amides is 4. The number of hydrogen-bond donors (Lipinski definition) is 6. The molecule has 0 aliphatic carbocycles.